The molecule has 0 saturated carbocycles. The van der Waals surface area contributed by atoms with Gasteiger partial charge in [0.05, 0.1) is 20.3 Å². The Bertz CT molecular complexity index is 655. The van der Waals surface area contributed by atoms with Crippen molar-refractivity contribution in [2.24, 2.45) is 0 Å². The summed E-state index contributed by atoms with van der Waals surface area (Å²) in [6, 6.07) is 12.3. The quantitative estimate of drug-likeness (QED) is 0.462. The highest BCUT2D eigenvalue weighted by molar-refractivity contribution is 5.43. The zero-order valence-corrected chi connectivity index (χ0v) is 14.0. The van der Waals surface area contributed by atoms with Crippen molar-refractivity contribution in [2.45, 2.75) is 19.3 Å². The Morgan fingerprint density at radius 2 is 1.67 bits per heavy atom. The van der Waals surface area contributed by atoms with Crippen molar-refractivity contribution in [3.05, 3.63) is 66.5 Å². The molecule has 0 aliphatic rings. The molecule has 3 nitrogen and oxygen atoms in total. The van der Waals surface area contributed by atoms with E-state index in [2.05, 4.69) is 6.58 Å². The second kappa shape index (κ2) is 9.60. The molecule has 0 radical (unpaired) electrons. The first kappa shape index (κ1) is 17.9. The van der Waals surface area contributed by atoms with Gasteiger partial charge in [-0.2, -0.15) is 0 Å². The van der Waals surface area contributed by atoms with Crippen LogP contribution in [0.2, 0.25) is 0 Å². The van der Waals surface area contributed by atoms with Crippen LogP contribution in [-0.4, -0.2) is 20.3 Å². The lowest BCUT2D eigenvalue weighted by Crippen LogP contribution is -2.04. The second-order valence-electron chi connectivity index (χ2n) is 5.31. The first-order valence-corrected chi connectivity index (χ1v) is 8.02. The van der Waals surface area contributed by atoms with Gasteiger partial charge in [0.2, 0.25) is 0 Å². The van der Waals surface area contributed by atoms with Crippen LogP contribution in [-0.2, 0) is 6.42 Å². The van der Waals surface area contributed by atoms with Gasteiger partial charge in [-0.3, -0.25) is 0 Å². The summed E-state index contributed by atoms with van der Waals surface area (Å²) in [6.45, 7) is 4.74. The van der Waals surface area contributed by atoms with Crippen molar-refractivity contribution < 1.29 is 18.6 Å². The molecular formula is C20H23FO3. The van der Waals surface area contributed by atoms with E-state index < -0.39 is 0 Å². The highest BCUT2D eigenvalue weighted by atomic mass is 19.1. The third kappa shape index (κ3) is 5.30. The van der Waals surface area contributed by atoms with Gasteiger partial charge < -0.3 is 14.2 Å². The molecule has 0 saturated heterocycles. The Balaban J connectivity index is 1.72. The van der Waals surface area contributed by atoms with Gasteiger partial charge in [-0.05, 0) is 49.1 Å². The summed E-state index contributed by atoms with van der Waals surface area (Å²) in [5, 5.41) is 0. The van der Waals surface area contributed by atoms with Crippen LogP contribution in [0.1, 0.15) is 18.4 Å². The fraction of sp³-hybridized carbons (Fsp3) is 0.300. The van der Waals surface area contributed by atoms with Crippen LogP contribution >= 0.6 is 0 Å². The maximum absolute atomic E-state index is 13.4. The lowest BCUT2D eigenvalue weighted by Gasteiger charge is -2.12. The van der Waals surface area contributed by atoms with Crippen LogP contribution in [0.4, 0.5) is 4.39 Å². The fourth-order valence-electron chi connectivity index (χ4n) is 2.26. The molecule has 0 heterocycles. The molecule has 0 unspecified atom stereocenters. The molecule has 2 aromatic rings. The maximum Gasteiger partial charge on any atom is 0.165 e. The Morgan fingerprint density at radius 1 is 0.958 bits per heavy atom. The molecule has 0 aromatic heterocycles. The summed E-state index contributed by atoms with van der Waals surface area (Å²) in [5.41, 5.74) is 1.13. The monoisotopic (exact) mass is 330 g/mol. The standard InChI is InChI=1S/C20H23FO3/c1-3-8-16-11-12-19(20(15-16)22-2)24-14-7-6-13-23-18-10-5-4-9-17(18)21/h3-5,9-12,15H,1,6-8,13-14H2,2H3. The normalized spacial score (nSPS) is 10.2. The third-order valence-electron chi connectivity index (χ3n) is 3.50. The van der Waals surface area contributed by atoms with Gasteiger partial charge in [0.25, 0.3) is 0 Å². The average Bonchev–Trinajstić information content (AvgIpc) is 2.60. The zero-order valence-electron chi connectivity index (χ0n) is 14.0. The van der Waals surface area contributed by atoms with Crippen molar-refractivity contribution >= 4 is 0 Å². The van der Waals surface area contributed by atoms with Crippen LogP contribution in [0.15, 0.2) is 55.1 Å². The minimum Gasteiger partial charge on any atom is -0.493 e. The number of benzene rings is 2. The summed E-state index contributed by atoms with van der Waals surface area (Å²) < 4.78 is 29.9. The van der Waals surface area contributed by atoms with E-state index in [0.29, 0.717) is 13.2 Å². The molecule has 0 aliphatic heterocycles. The molecular weight excluding hydrogens is 307 g/mol. The van der Waals surface area contributed by atoms with Crippen LogP contribution < -0.4 is 14.2 Å². The van der Waals surface area contributed by atoms with Gasteiger partial charge >= 0.3 is 0 Å². The lowest BCUT2D eigenvalue weighted by atomic mass is 10.1. The molecule has 0 atom stereocenters. The summed E-state index contributed by atoms with van der Waals surface area (Å²) >= 11 is 0. The zero-order chi connectivity index (χ0) is 17.2. The second-order valence-corrected chi connectivity index (χ2v) is 5.31. The van der Waals surface area contributed by atoms with E-state index in [-0.39, 0.29) is 11.6 Å². The number of para-hydroxylation sites is 1. The Labute approximate surface area is 142 Å². The number of hydrogen-bond donors (Lipinski definition) is 0. The van der Waals surface area contributed by atoms with Crippen molar-refractivity contribution in [1.29, 1.82) is 0 Å². The molecule has 0 bridgehead atoms. The number of halogens is 1. The number of hydrogen-bond acceptors (Lipinski definition) is 3. The molecule has 0 amide bonds. The van der Waals surface area contributed by atoms with Gasteiger partial charge in [-0.1, -0.05) is 24.3 Å². The molecule has 0 spiro atoms. The van der Waals surface area contributed by atoms with E-state index in [4.69, 9.17) is 14.2 Å². The Hall–Kier alpha value is -2.49. The van der Waals surface area contributed by atoms with E-state index in [0.717, 1.165) is 36.3 Å². The fourth-order valence-corrected chi connectivity index (χ4v) is 2.26. The van der Waals surface area contributed by atoms with Gasteiger partial charge in [0, 0.05) is 0 Å². The Morgan fingerprint density at radius 3 is 2.33 bits per heavy atom. The van der Waals surface area contributed by atoms with Gasteiger partial charge in [0.15, 0.2) is 23.1 Å². The summed E-state index contributed by atoms with van der Waals surface area (Å²) in [6.07, 6.45) is 4.24. The van der Waals surface area contributed by atoms with Crippen LogP contribution in [0, 0.1) is 5.82 Å². The van der Waals surface area contributed by atoms with E-state index in [1.54, 1.807) is 25.3 Å². The van der Waals surface area contributed by atoms with Crippen LogP contribution in [0.5, 0.6) is 17.2 Å². The topological polar surface area (TPSA) is 27.7 Å². The Kier molecular flexibility index (Phi) is 7.15. The average molecular weight is 330 g/mol. The van der Waals surface area contributed by atoms with E-state index in [9.17, 15) is 4.39 Å². The predicted molar refractivity (Wildman–Crippen MR) is 93.5 cm³/mol. The van der Waals surface area contributed by atoms with Crippen LogP contribution in [0.25, 0.3) is 0 Å². The SMILES string of the molecule is C=CCc1ccc(OCCCCOc2ccccc2F)c(OC)c1. The minimum absolute atomic E-state index is 0.290. The largest absolute Gasteiger partial charge is 0.493 e. The van der Waals surface area contributed by atoms with Crippen molar-refractivity contribution in [2.75, 3.05) is 20.3 Å². The number of rotatable bonds is 10. The highest BCUT2D eigenvalue weighted by Gasteiger charge is 2.05. The molecule has 0 aliphatic carbocycles. The first-order chi connectivity index (χ1) is 11.7. The molecule has 0 N–H and O–H groups in total. The number of methoxy groups -OCH3 is 1. The molecule has 0 fully saturated rings. The molecule has 128 valence electrons. The van der Waals surface area contributed by atoms with E-state index in [1.165, 1.54) is 6.07 Å². The smallest absolute Gasteiger partial charge is 0.165 e. The van der Waals surface area contributed by atoms with Crippen molar-refractivity contribution in [3.63, 3.8) is 0 Å². The maximum atomic E-state index is 13.4. The summed E-state index contributed by atoms with van der Waals surface area (Å²) in [4.78, 5) is 0. The third-order valence-corrected chi connectivity index (χ3v) is 3.50. The lowest BCUT2D eigenvalue weighted by molar-refractivity contribution is 0.253. The van der Waals surface area contributed by atoms with Crippen molar-refractivity contribution in [1.82, 2.24) is 0 Å². The predicted octanol–water partition coefficient (Wildman–Crippen LogP) is 4.80. The van der Waals surface area contributed by atoms with Crippen molar-refractivity contribution in [3.8, 4) is 17.2 Å². The van der Waals surface area contributed by atoms with E-state index in [1.807, 2.05) is 24.3 Å². The number of allylic oxidation sites excluding steroid dienone is 1. The summed E-state index contributed by atoms with van der Waals surface area (Å²) in [5.74, 6) is 1.40. The molecule has 24 heavy (non-hydrogen) atoms. The molecule has 2 rings (SSSR count). The van der Waals surface area contributed by atoms with Gasteiger partial charge in [-0.15, -0.1) is 6.58 Å². The first-order valence-electron chi connectivity index (χ1n) is 8.02. The molecule has 4 heteroatoms. The highest BCUT2D eigenvalue weighted by Crippen LogP contribution is 2.28. The number of ether oxygens (including phenoxy) is 3. The summed E-state index contributed by atoms with van der Waals surface area (Å²) in [7, 11) is 1.63. The van der Waals surface area contributed by atoms with Gasteiger partial charge in [-0.25, -0.2) is 4.39 Å². The minimum atomic E-state index is -0.335. The van der Waals surface area contributed by atoms with E-state index >= 15 is 0 Å². The number of unbranched alkanes of at least 4 members (excludes halogenated alkanes) is 1. The van der Waals surface area contributed by atoms with Gasteiger partial charge in [0.1, 0.15) is 0 Å². The molecule has 2 aromatic carbocycles. The van der Waals surface area contributed by atoms with Crippen LogP contribution in [0.3, 0.4) is 0 Å².